The van der Waals surface area contributed by atoms with E-state index in [4.69, 9.17) is 14.6 Å². The number of carbonyl (C=O) groups excluding carboxylic acids is 3. The standard InChI is InChI=1S/C26H40N2O6/c1-5-8-15-27(14-6-2)23(31)21-26-13-12-25(4,34-26)20(24(32)33-18-7-3)19(26)22(30)28(21)16-10-9-11-17-29/h6-7,19-21,29H,2-3,5,8-18H2,1,4H3/t19-,20-,21?,25+,26?/m0/s1. The maximum absolute atomic E-state index is 14.0. The first-order chi connectivity index (χ1) is 16.3. The van der Waals surface area contributed by atoms with Gasteiger partial charge in [-0.15, -0.1) is 6.58 Å². The molecule has 2 bridgehead atoms. The molecule has 0 aliphatic carbocycles. The lowest BCUT2D eigenvalue weighted by atomic mass is 9.66. The van der Waals surface area contributed by atoms with E-state index in [0.29, 0.717) is 45.3 Å². The monoisotopic (exact) mass is 476 g/mol. The molecule has 0 radical (unpaired) electrons. The van der Waals surface area contributed by atoms with Crippen molar-refractivity contribution >= 4 is 17.8 Å². The number of hydrogen-bond donors (Lipinski definition) is 1. The summed E-state index contributed by atoms with van der Waals surface area (Å²) in [6.45, 7) is 12.9. The Bertz CT molecular complexity index is 800. The van der Waals surface area contributed by atoms with Gasteiger partial charge in [0.25, 0.3) is 0 Å². The van der Waals surface area contributed by atoms with Crippen LogP contribution in [0.15, 0.2) is 25.3 Å². The first kappa shape index (κ1) is 26.4. The van der Waals surface area contributed by atoms with Gasteiger partial charge in [0.05, 0.1) is 11.5 Å². The number of esters is 1. The zero-order valence-corrected chi connectivity index (χ0v) is 20.7. The van der Waals surface area contributed by atoms with Crippen LogP contribution in [0.25, 0.3) is 0 Å². The number of amides is 2. The predicted octanol–water partition coefficient (Wildman–Crippen LogP) is 2.46. The lowest BCUT2D eigenvalue weighted by Gasteiger charge is -2.37. The Morgan fingerprint density at radius 1 is 1.24 bits per heavy atom. The third kappa shape index (κ3) is 4.54. The second-order valence-electron chi connectivity index (χ2n) is 9.89. The molecule has 0 saturated carbocycles. The van der Waals surface area contributed by atoms with Crippen molar-refractivity contribution in [1.82, 2.24) is 9.80 Å². The second-order valence-corrected chi connectivity index (χ2v) is 9.89. The molecule has 5 atom stereocenters. The van der Waals surface area contributed by atoms with E-state index < -0.39 is 35.0 Å². The molecule has 1 N–H and O–H groups in total. The molecule has 3 saturated heterocycles. The van der Waals surface area contributed by atoms with E-state index in [9.17, 15) is 14.4 Å². The lowest BCUT2D eigenvalue weighted by Crippen LogP contribution is -2.56. The van der Waals surface area contributed by atoms with E-state index in [2.05, 4.69) is 20.1 Å². The van der Waals surface area contributed by atoms with E-state index in [0.717, 1.165) is 19.3 Å². The molecule has 3 fully saturated rings. The molecular weight excluding hydrogens is 436 g/mol. The molecule has 3 heterocycles. The second kappa shape index (κ2) is 11.0. The van der Waals surface area contributed by atoms with Crippen LogP contribution in [0.3, 0.4) is 0 Å². The molecule has 0 aromatic carbocycles. The van der Waals surface area contributed by atoms with E-state index >= 15 is 0 Å². The van der Waals surface area contributed by atoms with Gasteiger partial charge < -0.3 is 24.4 Å². The van der Waals surface area contributed by atoms with Gasteiger partial charge in [-0.05, 0) is 45.4 Å². The van der Waals surface area contributed by atoms with Crippen LogP contribution in [-0.2, 0) is 23.9 Å². The first-order valence-corrected chi connectivity index (χ1v) is 12.6. The van der Waals surface area contributed by atoms with Gasteiger partial charge in [-0.1, -0.05) is 32.1 Å². The van der Waals surface area contributed by atoms with Crippen molar-refractivity contribution in [2.24, 2.45) is 11.8 Å². The first-order valence-electron chi connectivity index (χ1n) is 12.6. The van der Waals surface area contributed by atoms with E-state index in [1.54, 1.807) is 15.9 Å². The van der Waals surface area contributed by atoms with Crippen molar-refractivity contribution in [1.29, 1.82) is 0 Å². The van der Waals surface area contributed by atoms with Crippen LogP contribution < -0.4 is 0 Å². The number of fused-ring (bicyclic) bond motifs is 1. The number of carbonyl (C=O) groups is 3. The van der Waals surface area contributed by atoms with Crippen molar-refractivity contribution in [2.75, 3.05) is 32.8 Å². The quantitative estimate of drug-likeness (QED) is 0.235. The zero-order valence-electron chi connectivity index (χ0n) is 20.7. The summed E-state index contributed by atoms with van der Waals surface area (Å²) >= 11 is 0. The summed E-state index contributed by atoms with van der Waals surface area (Å²) in [6, 6.07) is -0.782. The highest BCUT2D eigenvalue weighted by Crippen LogP contribution is 2.63. The summed E-state index contributed by atoms with van der Waals surface area (Å²) in [5.41, 5.74) is -1.88. The zero-order chi connectivity index (χ0) is 24.9. The molecule has 190 valence electrons. The Labute approximate surface area is 202 Å². The molecule has 3 aliphatic heterocycles. The maximum Gasteiger partial charge on any atom is 0.313 e. The Hall–Kier alpha value is -2.19. The Kier molecular flexibility index (Phi) is 8.57. The fourth-order valence-corrected chi connectivity index (χ4v) is 6.07. The van der Waals surface area contributed by atoms with Crippen molar-refractivity contribution in [3.63, 3.8) is 0 Å². The van der Waals surface area contributed by atoms with Crippen molar-refractivity contribution in [3.8, 4) is 0 Å². The van der Waals surface area contributed by atoms with Gasteiger partial charge in [0.15, 0.2) is 0 Å². The number of ether oxygens (including phenoxy) is 2. The summed E-state index contributed by atoms with van der Waals surface area (Å²) in [5.74, 6) is -2.32. The van der Waals surface area contributed by atoms with Crippen LogP contribution >= 0.6 is 0 Å². The highest BCUT2D eigenvalue weighted by molar-refractivity contribution is 5.98. The molecule has 8 nitrogen and oxygen atoms in total. The highest BCUT2D eigenvalue weighted by Gasteiger charge is 2.78. The van der Waals surface area contributed by atoms with Crippen LogP contribution in [0.2, 0.25) is 0 Å². The van der Waals surface area contributed by atoms with Crippen molar-refractivity contribution in [3.05, 3.63) is 25.3 Å². The highest BCUT2D eigenvalue weighted by atomic mass is 16.6. The summed E-state index contributed by atoms with van der Waals surface area (Å²) in [5, 5.41) is 9.15. The Morgan fingerprint density at radius 3 is 2.65 bits per heavy atom. The van der Waals surface area contributed by atoms with E-state index in [-0.39, 0.29) is 25.0 Å². The number of aliphatic hydroxyl groups is 1. The number of nitrogens with zero attached hydrogens (tertiary/aromatic N) is 2. The van der Waals surface area contributed by atoms with Crippen molar-refractivity contribution < 1.29 is 29.0 Å². The topological polar surface area (TPSA) is 96.4 Å². The minimum absolute atomic E-state index is 0.0662. The summed E-state index contributed by atoms with van der Waals surface area (Å²) in [4.78, 5) is 44.3. The molecule has 2 unspecified atom stereocenters. The van der Waals surface area contributed by atoms with Crippen LogP contribution in [0.1, 0.15) is 58.8 Å². The van der Waals surface area contributed by atoms with Gasteiger partial charge in [0.2, 0.25) is 11.8 Å². The van der Waals surface area contributed by atoms with Crippen LogP contribution in [0.4, 0.5) is 0 Å². The average molecular weight is 477 g/mol. The summed E-state index contributed by atoms with van der Waals surface area (Å²) in [7, 11) is 0. The molecular formula is C26H40N2O6. The number of hydrogen-bond acceptors (Lipinski definition) is 6. The molecule has 8 heteroatoms. The maximum atomic E-state index is 14.0. The number of aliphatic hydroxyl groups excluding tert-OH is 1. The van der Waals surface area contributed by atoms with Gasteiger partial charge in [-0.25, -0.2) is 0 Å². The fraction of sp³-hybridized carbons (Fsp3) is 0.731. The molecule has 3 rings (SSSR count). The largest absolute Gasteiger partial charge is 0.461 e. The third-order valence-electron chi connectivity index (χ3n) is 7.61. The summed E-state index contributed by atoms with van der Waals surface area (Å²) in [6.07, 6.45) is 8.17. The van der Waals surface area contributed by atoms with Crippen LogP contribution in [-0.4, -0.2) is 82.8 Å². The van der Waals surface area contributed by atoms with E-state index in [1.807, 2.05) is 6.92 Å². The SMILES string of the molecule is C=CCOC(=O)[C@@H]1[C@H]2C(=O)N(CCCCCO)C(C(=O)N(CC=C)CCCC)C23CC[C@@]1(C)O3. The normalized spacial score (nSPS) is 31.4. The Balaban J connectivity index is 1.98. The van der Waals surface area contributed by atoms with E-state index in [1.165, 1.54) is 6.08 Å². The smallest absolute Gasteiger partial charge is 0.313 e. The molecule has 2 amide bonds. The van der Waals surface area contributed by atoms with Gasteiger partial charge in [0, 0.05) is 26.2 Å². The van der Waals surface area contributed by atoms with Crippen LogP contribution in [0, 0.1) is 11.8 Å². The number of likely N-dealkylation sites (tertiary alicyclic amines) is 1. The number of rotatable bonds is 14. The van der Waals surface area contributed by atoms with Gasteiger partial charge in [-0.2, -0.15) is 0 Å². The Morgan fingerprint density at radius 2 is 2.00 bits per heavy atom. The average Bonchev–Trinajstić information content (AvgIpc) is 3.38. The minimum atomic E-state index is -1.04. The van der Waals surface area contributed by atoms with Crippen molar-refractivity contribution in [2.45, 2.75) is 76.0 Å². The molecule has 0 aromatic rings. The molecule has 3 aliphatic rings. The van der Waals surface area contributed by atoms with Gasteiger partial charge in [0.1, 0.15) is 24.2 Å². The van der Waals surface area contributed by atoms with Crippen LogP contribution in [0.5, 0.6) is 0 Å². The summed E-state index contributed by atoms with van der Waals surface area (Å²) < 4.78 is 12.0. The van der Waals surface area contributed by atoms with Gasteiger partial charge >= 0.3 is 5.97 Å². The third-order valence-corrected chi connectivity index (χ3v) is 7.61. The lowest BCUT2D eigenvalue weighted by molar-refractivity contribution is -0.159. The predicted molar refractivity (Wildman–Crippen MR) is 128 cm³/mol. The van der Waals surface area contributed by atoms with Gasteiger partial charge in [-0.3, -0.25) is 14.4 Å². The minimum Gasteiger partial charge on any atom is -0.461 e. The fourth-order valence-electron chi connectivity index (χ4n) is 6.07. The molecule has 0 aromatic heterocycles. The molecule has 1 spiro atoms. The number of unbranched alkanes of at least 4 members (excludes halogenated alkanes) is 3. The molecule has 34 heavy (non-hydrogen) atoms.